The van der Waals surface area contributed by atoms with Crippen molar-refractivity contribution in [2.45, 2.75) is 71.6 Å². The van der Waals surface area contributed by atoms with Gasteiger partial charge in [0.15, 0.2) is 0 Å². The molecule has 0 saturated heterocycles. The molecule has 0 spiro atoms. The number of unbranched alkanes of at least 4 members (excludes halogenated alkanes) is 4. The van der Waals surface area contributed by atoms with E-state index in [2.05, 4.69) is 43.2 Å². The molecule has 0 aliphatic rings. The van der Waals surface area contributed by atoms with Crippen LogP contribution in [0.3, 0.4) is 0 Å². The van der Waals surface area contributed by atoms with Crippen LogP contribution in [0.15, 0.2) is 0 Å². The molecular formula is C14H25N3OS. The van der Waals surface area contributed by atoms with E-state index in [0.717, 1.165) is 17.8 Å². The zero-order valence-electron chi connectivity index (χ0n) is 12.5. The van der Waals surface area contributed by atoms with E-state index in [9.17, 15) is 4.79 Å². The van der Waals surface area contributed by atoms with Crippen LogP contribution in [-0.2, 0) is 10.2 Å². The molecule has 1 N–H and O–H groups in total. The van der Waals surface area contributed by atoms with Gasteiger partial charge >= 0.3 is 0 Å². The van der Waals surface area contributed by atoms with Gasteiger partial charge in [-0.1, -0.05) is 64.7 Å². The van der Waals surface area contributed by atoms with Crippen molar-refractivity contribution < 1.29 is 4.79 Å². The molecule has 19 heavy (non-hydrogen) atoms. The molecule has 1 aromatic rings. The van der Waals surface area contributed by atoms with Gasteiger partial charge in [0.2, 0.25) is 11.0 Å². The molecule has 0 atom stereocenters. The molecule has 0 fully saturated rings. The van der Waals surface area contributed by atoms with E-state index in [1.54, 1.807) is 0 Å². The molecule has 0 bridgehead atoms. The molecule has 1 heterocycles. The standard InChI is InChI=1S/C14H25N3OS/c1-5-6-7-8-9-10-11(18)15-13-17-16-12(19-13)14(2,3)4/h5-10H2,1-4H3,(H,15,17,18). The summed E-state index contributed by atoms with van der Waals surface area (Å²) in [6.07, 6.45) is 6.37. The van der Waals surface area contributed by atoms with Gasteiger partial charge in [0, 0.05) is 11.8 Å². The summed E-state index contributed by atoms with van der Waals surface area (Å²) in [6, 6.07) is 0. The van der Waals surface area contributed by atoms with Gasteiger partial charge in [0.1, 0.15) is 5.01 Å². The maximum absolute atomic E-state index is 11.7. The van der Waals surface area contributed by atoms with E-state index in [1.165, 1.54) is 30.6 Å². The Morgan fingerprint density at radius 1 is 1.16 bits per heavy atom. The van der Waals surface area contributed by atoms with E-state index < -0.39 is 0 Å². The Morgan fingerprint density at radius 2 is 1.84 bits per heavy atom. The predicted octanol–water partition coefficient (Wildman–Crippen LogP) is 4.13. The molecule has 108 valence electrons. The van der Waals surface area contributed by atoms with Crippen LogP contribution in [0.2, 0.25) is 0 Å². The lowest BCUT2D eigenvalue weighted by atomic mass is 9.98. The van der Waals surface area contributed by atoms with Crippen LogP contribution < -0.4 is 5.32 Å². The van der Waals surface area contributed by atoms with E-state index >= 15 is 0 Å². The Bertz CT molecular complexity index is 396. The van der Waals surface area contributed by atoms with Crippen molar-refractivity contribution in [2.24, 2.45) is 0 Å². The number of anilines is 1. The van der Waals surface area contributed by atoms with Crippen LogP contribution in [0.1, 0.15) is 71.2 Å². The van der Waals surface area contributed by atoms with Gasteiger partial charge in [-0.15, -0.1) is 10.2 Å². The molecule has 1 rings (SSSR count). The molecule has 0 radical (unpaired) electrons. The van der Waals surface area contributed by atoms with Gasteiger partial charge in [-0.3, -0.25) is 4.79 Å². The van der Waals surface area contributed by atoms with Crippen LogP contribution in [-0.4, -0.2) is 16.1 Å². The summed E-state index contributed by atoms with van der Waals surface area (Å²) in [5.41, 5.74) is -0.0131. The SMILES string of the molecule is CCCCCCCC(=O)Nc1nnc(C(C)(C)C)s1. The fraction of sp³-hybridized carbons (Fsp3) is 0.786. The van der Waals surface area contributed by atoms with Gasteiger partial charge < -0.3 is 5.32 Å². The highest BCUT2D eigenvalue weighted by Gasteiger charge is 2.19. The van der Waals surface area contributed by atoms with Crippen molar-refractivity contribution in [2.75, 3.05) is 5.32 Å². The summed E-state index contributed by atoms with van der Waals surface area (Å²) >= 11 is 1.46. The Labute approximate surface area is 120 Å². The number of carbonyl (C=O) groups is 1. The van der Waals surface area contributed by atoms with Gasteiger partial charge in [0.25, 0.3) is 0 Å². The molecule has 0 aliphatic carbocycles. The highest BCUT2D eigenvalue weighted by atomic mass is 32.1. The first kappa shape index (κ1) is 16.1. The van der Waals surface area contributed by atoms with Crippen LogP contribution in [0, 0.1) is 0 Å². The summed E-state index contributed by atoms with van der Waals surface area (Å²) in [7, 11) is 0. The molecule has 0 saturated carbocycles. The first-order valence-corrected chi connectivity index (χ1v) is 7.89. The van der Waals surface area contributed by atoms with Crippen LogP contribution in [0.25, 0.3) is 0 Å². The van der Waals surface area contributed by atoms with Crippen molar-refractivity contribution in [3.63, 3.8) is 0 Å². The second kappa shape index (κ2) is 7.58. The van der Waals surface area contributed by atoms with Crippen molar-refractivity contribution in [1.29, 1.82) is 0 Å². The molecule has 1 aromatic heterocycles. The largest absolute Gasteiger partial charge is 0.301 e. The number of aromatic nitrogens is 2. The van der Waals surface area contributed by atoms with Crippen molar-refractivity contribution >= 4 is 22.4 Å². The Kier molecular flexibility index (Phi) is 6.42. The highest BCUT2D eigenvalue weighted by molar-refractivity contribution is 7.15. The first-order valence-electron chi connectivity index (χ1n) is 7.07. The summed E-state index contributed by atoms with van der Waals surface area (Å²) in [5, 5.41) is 12.5. The number of rotatable bonds is 7. The summed E-state index contributed by atoms with van der Waals surface area (Å²) in [5.74, 6) is 0.0492. The average molecular weight is 283 g/mol. The van der Waals surface area contributed by atoms with Crippen molar-refractivity contribution in [3.8, 4) is 0 Å². The summed E-state index contributed by atoms with van der Waals surface area (Å²) in [6.45, 7) is 8.46. The van der Waals surface area contributed by atoms with Crippen molar-refractivity contribution in [3.05, 3.63) is 5.01 Å². The fourth-order valence-corrected chi connectivity index (χ4v) is 2.47. The van der Waals surface area contributed by atoms with E-state index in [4.69, 9.17) is 0 Å². The van der Waals surface area contributed by atoms with E-state index in [1.807, 2.05) is 0 Å². The van der Waals surface area contributed by atoms with E-state index in [-0.39, 0.29) is 11.3 Å². The number of carbonyl (C=O) groups excluding carboxylic acids is 1. The van der Waals surface area contributed by atoms with Crippen molar-refractivity contribution in [1.82, 2.24) is 10.2 Å². The minimum Gasteiger partial charge on any atom is -0.301 e. The monoisotopic (exact) mass is 283 g/mol. The Balaban J connectivity index is 2.30. The zero-order valence-corrected chi connectivity index (χ0v) is 13.3. The normalized spacial score (nSPS) is 11.6. The number of nitrogens with one attached hydrogen (secondary N) is 1. The number of hydrogen-bond donors (Lipinski definition) is 1. The second-order valence-electron chi connectivity index (χ2n) is 5.87. The molecule has 4 nitrogen and oxygen atoms in total. The minimum atomic E-state index is -0.0131. The summed E-state index contributed by atoms with van der Waals surface area (Å²) in [4.78, 5) is 11.7. The average Bonchev–Trinajstić information content (AvgIpc) is 2.77. The third kappa shape index (κ3) is 6.14. The predicted molar refractivity (Wildman–Crippen MR) is 80.6 cm³/mol. The number of nitrogens with zero attached hydrogens (tertiary/aromatic N) is 2. The van der Waals surface area contributed by atoms with Crippen LogP contribution >= 0.6 is 11.3 Å². The first-order chi connectivity index (χ1) is 8.93. The summed E-state index contributed by atoms with van der Waals surface area (Å²) < 4.78 is 0. The van der Waals surface area contributed by atoms with E-state index in [0.29, 0.717) is 11.6 Å². The van der Waals surface area contributed by atoms with Crippen LogP contribution in [0.4, 0.5) is 5.13 Å². The third-order valence-electron chi connectivity index (χ3n) is 2.82. The second-order valence-corrected chi connectivity index (χ2v) is 6.85. The lowest BCUT2D eigenvalue weighted by Crippen LogP contribution is -2.10. The maximum atomic E-state index is 11.7. The Hall–Kier alpha value is -0.970. The molecule has 5 heteroatoms. The number of amides is 1. The maximum Gasteiger partial charge on any atom is 0.226 e. The molecule has 0 unspecified atom stereocenters. The van der Waals surface area contributed by atoms with Crippen LogP contribution in [0.5, 0.6) is 0 Å². The van der Waals surface area contributed by atoms with Gasteiger partial charge in [-0.25, -0.2) is 0 Å². The van der Waals surface area contributed by atoms with Gasteiger partial charge in [-0.2, -0.15) is 0 Å². The minimum absolute atomic E-state index is 0.0131. The topological polar surface area (TPSA) is 54.9 Å². The molecular weight excluding hydrogens is 258 g/mol. The lowest BCUT2D eigenvalue weighted by Gasteiger charge is -2.12. The fourth-order valence-electron chi connectivity index (χ4n) is 1.65. The quantitative estimate of drug-likeness (QED) is 0.765. The third-order valence-corrected chi connectivity index (χ3v) is 4.08. The Morgan fingerprint density at radius 3 is 2.42 bits per heavy atom. The molecule has 0 aliphatic heterocycles. The molecule has 1 amide bonds. The van der Waals surface area contributed by atoms with Gasteiger partial charge in [0.05, 0.1) is 0 Å². The molecule has 0 aromatic carbocycles. The number of hydrogen-bond acceptors (Lipinski definition) is 4. The lowest BCUT2D eigenvalue weighted by molar-refractivity contribution is -0.116. The zero-order chi connectivity index (χ0) is 14.3. The smallest absolute Gasteiger partial charge is 0.226 e. The van der Waals surface area contributed by atoms with Gasteiger partial charge in [-0.05, 0) is 6.42 Å². The highest BCUT2D eigenvalue weighted by Crippen LogP contribution is 2.27.